The first-order valence-corrected chi connectivity index (χ1v) is 9.42. The van der Waals surface area contributed by atoms with E-state index < -0.39 is 0 Å². The van der Waals surface area contributed by atoms with Crippen LogP contribution in [0.25, 0.3) is 0 Å². The predicted octanol–water partition coefficient (Wildman–Crippen LogP) is 4.65. The van der Waals surface area contributed by atoms with Crippen molar-refractivity contribution < 1.29 is 14.3 Å². The molecule has 0 spiro atoms. The molecule has 0 radical (unpaired) electrons. The number of hydrogen-bond acceptors (Lipinski definition) is 3. The number of benzene rings is 2. The Morgan fingerprint density at radius 3 is 2.31 bits per heavy atom. The Labute approximate surface area is 160 Å². The fourth-order valence-corrected chi connectivity index (χ4v) is 2.61. The van der Waals surface area contributed by atoms with Crippen LogP contribution in [-0.2, 0) is 11.2 Å². The molecule has 4 nitrogen and oxygen atoms in total. The number of nitrogens with one attached hydrogen (secondary N) is 1. The number of hydrogen-bond donors (Lipinski definition) is 1. The molecule has 0 aliphatic rings. The van der Waals surface area contributed by atoms with E-state index in [4.69, 9.17) is 21.1 Å². The number of halogens is 1. The van der Waals surface area contributed by atoms with E-state index in [2.05, 4.69) is 17.4 Å². The van der Waals surface area contributed by atoms with Crippen molar-refractivity contribution >= 4 is 17.5 Å². The first-order chi connectivity index (χ1) is 12.7. The van der Waals surface area contributed by atoms with Gasteiger partial charge in [0.2, 0.25) is 5.91 Å². The molecule has 2 aromatic rings. The molecule has 1 amide bonds. The second-order valence-corrected chi connectivity index (χ2v) is 6.37. The fraction of sp³-hybridized carbons (Fsp3) is 0.381. The first-order valence-electron chi connectivity index (χ1n) is 9.04. The molecule has 0 aliphatic carbocycles. The molecule has 0 aromatic heterocycles. The Hall–Kier alpha value is -2.20. The van der Waals surface area contributed by atoms with Crippen molar-refractivity contribution in [2.24, 2.45) is 0 Å². The third-order valence-electron chi connectivity index (χ3n) is 3.83. The lowest BCUT2D eigenvalue weighted by atomic mass is 10.1. The fourth-order valence-electron chi connectivity index (χ4n) is 2.48. The summed E-state index contributed by atoms with van der Waals surface area (Å²) < 4.78 is 11.0. The molecule has 1 N–H and O–H groups in total. The molecule has 26 heavy (non-hydrogen) atoms. The lowest BCUT2D eigenvalue weighted by Gasteiger charge is -2.08. The first kappa shape index (κ1) is 20.1. The van der Waals surface area contributed by atoms with Gasteiger partial charge in [0.05, 0.1) is 13.2 Å². The van der Waals surface area contributed by atoms with Crippen molar-refractivity contribution in [2.45, 2.75) is 32.6 Å². The van der Waals surface area contributed by atoms with Gasteiger partial charge in [-0.05, 0) is 68.1 Å². The number of carbonyl (C=O) groups excluding carboxylic acids is 1. The summed E-state index contributed by atoms with van der Waals surface area (Å²) in [6.45, 7) is 3.85. The number of carbonyl (C=O) groups is 1. The zero-order valence-corrected chi connectivity index (χ0v) is 15.9. The minimum absolute atomic E-state index is 0.0661. The van der Waals surface area contributed by atoms with E-state index in [-0.39, 0.29) is 5.91 Å². The van der Waals surface area contributed by atoms with Gasteiger partial charge in [0.1, 0.15) is 11.5 Å². The summed E-state index contributed by atoms with van der Waals surface area (Å²) in [5.41, 5.74) is 1.25. The summed E-state index contributed by atoms with van der Waals surface area (Å²) >= 11 is 5.82. The highest BCUT2D eigenvalue weighted by Gasteiger charge is 2.02. The SMILES string of the molecule is CCOc1ccc(CCCNC(=O)CCCOc2ccc(Cl)cc2)cc1. The van der Waals surface area contributed by atoms with Crippen molar-refractivity contribution in [3.63, 3.8) is 0 Å². The maximum atomic E-state index is 11.8. The van der Waals surface area contributed by atoms with Gasteiger partial charge in [-0.2, -0.15) is 0 Å². The predicted molar refractivity (Wildman–Crippen MR) is 105 cm³/mol. The summed E-state index contributed by atoms with van der Waals surface area (Å²) in [5, 5.41) is 3.64. The average molecular weight is 376 g/mol. The van der Waals surface area contributed by atoms with E-state index in [0.717, 1.165) is 24.3 Å². The molecule has 0 aliphatic heterocycles. The summed E-state index contributed by atoms with van der Waals surface area (Å²) in [5.74, 6) is 1.73. The highest BCUT2D eigenvalue weighted by molar-refractivity contribution is 6.30. The number of aryl methyl sites for hydroxylation is 1. The molecular weight excluding hydrogens is 350 g/mol. The molecule has 0 fully saturated rings. The van der Waals surface area contributed by atoms with Crippen LogP contribution in [0, 0.1) is 0 Å². The Balaban J connectivity index is 1.52. The van der Waals surface area contributed by atoms with Gasteiger partial charge in [-0.15, -0.1) is 0 Å². The van der Waals surface area contributed by atoms with E-state index in [1.165, 1.54) is 5.56 Å². The third kappa shape index (κ3) is 7.79. The molecule has 140 valence electrons. The Morgan fingerprint density at radius 1 is 0.962 bits per heavy atom. The molecule has 2 rings (SSSR count). The minimum Gasteiger partial charge on any atom is -0.494 e. The molecule has 0 heterocycles. The largest absolute Gasteiger partial charge is 0.494 e. The average Bonchev–Trinajstić information content (AvgIpc) is 2.65. The van der Waals surface area contributed by atoms with Crippen molar-refractivity contribution in [3.8, 4) is 11.5 Å². The van der Waals surface area contributed by atoms with Crippen LogP contribution in [0.3, 0.4) is 0 Å². The second-order valence-electron chi connectivity index (χ2n) is 5.94. The smallest absolute Gasteiger partial charge is 0.220 e. The molecule has 0 saturated carbocycles. The van der Waals surface area contributed by atoms with Gasteiger partial charge in [0, 0.05) is 18.0 Å². The van der Waals surface area contributed by atoms with Crippen molar-refractivity contribution in [1.82, 2.24) is 5.32 Å². The molecule has 5 heteroatoms. The van der Waals surface area contributed by atoms with E-state index >= 15 is 0 Å². The maximum Gasteiger partial charge on any atom is 0.220 e. The molecule has 2 aromatic carbocycles. The highest BCUT2D eigenvalue weighted by Crippen LogP contribution is 2.16. The maximum absolute atomic E-state index is 11.8. The summed E-state index contributed by atoms with van der Waals surface area (Å²) in [7, 11) is 0. The lowest BCUT2D eigenvalue weighted by molar-refractivity contribution is -0.121. The normalized spacial score (nSPS) is 10.4. The van der Waals surface area contributed by atoms with Crippen LogP contribution < -0.4 is 14.8 Å². The van der Waals surface area contributed by atoms with E-state index in [0.29, 0.717) is 37.6 Å². The molecular formula is C21H26ClNO3. The monoisotopic (exact) mass is 375 g/mol. The van der Waals surface area contributed by atoms with Gasteiger partial charge in [0.15, 0.2) is 0 Å². The minimum atomic E-state index is 0.0661. The van der Waals surface area contributed by atoms with Crippen LogP contribution in [-0.4, -0.2) is 25.7 Å². The van der Waals surface area contributed by atoms with Crippen LogP contribution >= 0.6 is 11.6 Å². The number of ether oxygens (including phenoxy) is 2. The number of rotatable bonds is 11. The summed E-state index contributed by atoms with van der Waals surface area (Å²) in [6.07, 6.45) is 3.01. The third-order valence-corrected chi connectivity index (χ3v) is 4.08. The van der Waals surface area contributed by atoms with Crippen LogP contribution in [0.15, 0.2) is 48.5 Å². The molecule has 0 saturated heterocycles. The van der Waals surface area contributed by atoms with E-state index in [1.54, 1.807) is 12.1 Å². The second kappa shape index (κ2) is 11.4. The van der Waals surface area contributed by atoms with E-state index in [9.17, 15) is 4.79 Å². The Morgan fingerprint density at radius 2 is 1.62 bits per heavy atom. The zero-order chi connectivity index (χ0) is 18.6. The topological polar surface area (TPSA) is 47.6 Å². The highest BCUT2D eigenvalue weighted by atomic mass is 35.5. The Bertz CT molecular complexity index is 656. The van der Waals surface area contributed by atoms with Crippen LogP contribution in [0.2, 0.25) is 5.02 Å². The quantitative estimate of drug-likeness (QED) is 0.582. The van der Waals surface area contributed by atoms with Gasteiger partial charge < -0.3 is 14.8 Å². The van der Waals surface area contributed by atoms with Gasteiger partial charge in [0.25, 0.3) is 0 Å². The van der Waals surface area contributed by atoms with Crippen molar-refractivity contribution in [2.75, 3.05) is 19.8 Å². The number of amides is 1. The van der Waals surface area contributed by atoms with Gasteiger partial charge in [-0.3, -0.25) is 4.79 Å². The lowest BCUT2D eigenvalue weighted by Crippen LogP contribution is -2.24. The van der Waals surface area contributed by atoms with Crippen molar-refractivity contribution in [3.05, 3.63) is 59.1 Å². The van der Waals surface area contributed by atoms with Crippen molar-refractivity contribution in [1.29, 1.82) is 0 Å². The van der Waals surface area contributed by atoms with Gasteiger partial charge >= 0.3 is 0 Å². The van der Waals surface area contributed by atoms with Gasteiger partial charge in [-0.1, -0.05) is 23.7 Å². The molecule has 0 bridgehead atoms. The molecule has 0 atom stereocenters. The summed E-state index contributed by atoms with van der Waals surface area (Å²) in [6, 6.07) is 15.3. The summed E-state index contributed by atoms with van der Waals surface area (Å²) in [4.78, 5) is 11.8. The van der Waals surface area contributed by atoms with Crippen LogP contribution in [0.1, 0.15) is 31.7 Å². The standard InChI is InChI=1S/C21H26ClNO3/c1-2-25-19-11-7-17(8-12-19)5-3-15-23-21(24)6-4-16-26-20-13-9-18(22)10-14-20/h7-14H,2-6,15-16H2,1H3,(H,23,24). The Kier molecular flexibility index (Phi) is 8.84. The zero-order valence-electron chi connectivity index (χ0n) is 15.2. The van der Waals surface area contributed by atoms with Crippen LogP contribution in [0.4, 0.5) is 0 Å². The van der Waals surface area contributed by atoms with E-state index in [1.807, 2.05) is 31.2 Å². The molecule has 0 unspecified atom stereocenters. The van der Waals surface area contributed by atoms with Crippen LogP contribution in [0.5, 0.6) is 11.5 Å². The van der Waals surface area contributed by atoms with Gasteiger partial charge in [-0.25, -0.2) is 0 Å².